The first kappa shape index (κ1) is 46.1. The number of carboxylic acid groups (broad SMARTS) is 2. The number of aromatic carboxylic acids is 2. The van der Waals surface area contributed by atoms with Gasteiger partial charge in [-0.05, 0) is 120 Å². The number of hydrogen-bond acceptors (Lipinski definition) is 14. The highest BCUT2D eigenvalue weighted by atomic mass is 35.5. The lowest BCUT2D eigenvalue weighted by molar-refractivity contribution is 0.0686. The summed E-state index contributed by atoms with van der Waals surface area (Å²) in [7, 11) is -10.1. The number of carbonyl (C=O) groups is 4. The number of amides is 2. The van der Waals surface area contributed by atoms with Crippen molar-refractivity contribution < 1.29 is 65.5 Å². The zero-order valence-electron chi connectivity index (χ0n) is 32.7. The minimum absolute atomic E-state index is 0.0250. The number of phenols is 2. The van der Waals surface area contributed by atoms with E-state index in [1.807, 2.05) is 0 Å². The van der Waals surface area contributed by atoms with E-state index in [-0.39, 0.29) is 76.6 Å². The molecule has 0 unspecified atom stereocenters. The van der Waals surface area contributed by atoms with Gasteiger partial charge < -0.3 is 31.1 Å². The normalized spacial score (nSPS) is 11.9. The third-order valence-corrected chi connectivity index (χ3v) is 11.9. The summed E-state index contributed by atoms with van der Waals surface area (Å²) in [6.45, 7) is 0. The molecule has 0 aromatic heterocycles. The molecule has 0 fully saturated rings. The van der Waals surface area contributed by atoms with Crippen LogP contribution in [0.4, 0.5) is 34.1 Å². The monoisotopic (exact) mass is 972 g/mol. The van der Waals surface area contributed by atoms with Crippen molar-refractivity contribution in [3.63, 3.8) is 0 Å². The predicted molar refractivity (Wildman–Crippen MR) is 238 cm³/mol. The maximum absolute atomic E-state index is 13.2. The lowest BCUT2D eigenvalue weighted by Gasteiger charge is -2.12. The lowest BCUT2D eigenvalue weighted by atomic mass is 10.1. The highest BCUT2D eigenvalue weighted by molar-refractivity contribution is 7.86. The number of carbonyl (C=O) groups excluding carboxylic acids is 2. The number of hydrogen-bond donors (Lipinski definition) is 8. The van der Waals surface area contributed by atoms with Crippen LogP contribution in [0.3, 0.4) is 0 Å². The Bertz CT molecular complexity index is 3300. The number of anilines is 2. The van der Waals surface area contributed by atoms with Gasteiger partial charge in [0.25, 0.3) is 32.1 Å². The van der Waals surface area contributed by atoms with Gasteiger partial charge in [-0.2, -0.15) is 16.8 Å². The summed E-state index contributed by atoms with van der Waals surface area (Å²) in [6, 6.07) is 22.2. The van der Waals surface area contributed by atoms with Gasteiger partial charge >= 0.3 is 11.9 Å². The van der Waals surface area contributed by atoms with Crippen molar-refractivity contribution in [3.05, 3.63) is 141 Å². The minimum atomic E-state index is -5.05. The van der Waals surface area contributed by atoms with Crippen molar-refractivity contribution in [1.82, 2.24) is 0 Å². The zero-order chi connectivity index (χ0) is 47.8. The number of phenolic OH excluding ortho intramolecular Hbond substituents is 2. The van der Waals surface area contributed by atoms with Gasteiger partial charge in [0.2, 0.25) is 0 Å². The van der Waals surface area contributed by atoms with Gasteiger partial charge in [-0.3, -0.25) is 18.7 Å². The number of nitrogens with zero attached hydrogens (tertiary/aromatic N) is 4. The standard InChI is InChI=1S/C42H26Cl2N6O14S2/c43-29-11-5-21(41(55)56)15-31(29)47-49-35-33(65(59,60)61)17-23-13-25(7-9-27(23)37(35)51)45-39(53)19-1-2-20(4-3-19)40(54)46-26-8-10-28-24(14-26)18-34(66(62,63)64)36(38(28)52)50-48-32-16-22(42(57)58)6-12-30(32)44/h1-18,51-52H,(H,45,53)(H,46,54)(H,55,56)(H,57,58)(H,59,60,61)(H,62,63,64). The van der Waals surface area contributed by atoms with E-state index in [1.165, 1.54) is 84.9 Å². The van der Waals surface area contributed by atoms with E-state index in [9.17, 15) is 65.5 Å². The maximum Gasteiger partial charge on any atom is 0.335 e. The Morgan fingerprint density at radius 1 is 0.470 bits per heavy atom. The van der Waals surface area contributed by atoms with E-state index in [4.69, 9.17) is 23.2 Å². The van der Waals surface area contributed by atoms with Crippen LogP contribution in [0.1, 0.15) is 41.4 Å². The van der Waals surface area contributed by atoms with E-state index < -0.39 is 76.7 Å². The molecule has 0 radical (unpaired) electrons. The van der Waals surface area contributed by atoms with E-state index in [0.717, 1.165) is 24.3 Å². The van der Waals surface area contributed by atoms with Crippen LogP contribution in [0.5, 0.6) is 11.5 Å². The molecule has 8 N–H and O–H groups in total. The summed E-state index contributed by atoms with van der Waals surface area (Å²) >= 11 is 12.2. The molecular weight excluding hydrogens is 948 g/mol. The van der Waals surface area contributed by atoms with Crippen molar-refractivity contribution in [2.75, 3.05) is 10.6 Å². The molecule has 2 amide bonds. The van der Waals surface area contributed by atoms with E-state index in [2.05, 4.69) is 31.1 Å². The summed E-state index contributed by atoms with van der Waals surface area (Å²) < 4.78 is 69.5. The van der Waals surface area contributed by atoms with Crippen LogP contribution in [-0.4, -0.2) is 70.1 Å². The summed E-state index contributed by atoms with van der Waals surface area (Å²) in [4.78, 5) is 47.5. The fourth-order valence-corrected chi connectivity index (χ4v) is 7.90. The van der Waals surface area contributed by atoms with Crippen LogP contribution in [0.15, 0.2) is 139 Å². The molecule has 7 aromatic rings. The van der Waals surface area contributed by atoms with Gasteiger partial charge in [-0.25, -0.2) is 9.59 Å². The van der Waals surface area contributed by atoms with Gasteiger partial charge in [0.05, 0.1) is 21.2 Å². The SMILES string of the molecule is O=C(O)c1ccc(Cl)c(N=Nc2c(S(=O)(=O)O)cc3cc(NC(=O)c4ccc(C(=O)Nc5ccc6c(O)c(N=Nc7cc(C(=O)O)ccc7Cl)c(S(=O)(=O)O)cc6c5)cc4)ccc3c2O)c1. The fourth-order valence-electron chi connectivity index (χ4n) is 6.28. The average Bonchev–Trinajstić information content (AvgIpc) is 3.25. The average molecular weight is 974 g/mol. The Labute approximate surface area is 380 Å². The molecular formula is C42H26Cl2N6O14S2. The number of nitrogens with one attached hydrogen (secondary N) is 2. The summed E-state index contributed by atoms with van der Waals surface area (Å²) in [5, 5.41) is 61.0. The number of aromatic hydroxyl groups is 2. The molecule has 0 saturated carbocycles. The lowest BCUT2D eigenvalue weighted by Crippen LogP contribution is -2.14. The molecule has 334 valence electrons. The van der Waals surface area contributed by atoms with Crippen molar-refractivity contribution in [1.29, 1.82) is 0 Å². The largest absolute Gasteiger partial charge is 0.505 e. The Balaban J connectivity index is 1.08. The number of fused-ring (bicyclic) bond motifs is 2. The highest BCUT2D eigenvalue weighted by Crippen LogP contribution is 2.44. The van der Waals surface area contributed by atoms with E-state index >= 15 is 0 Å². The molecule has 24 heteroatoms. The second-order valence-electron chi connectivity index (χ2n) is 13.8. The number of carboxylic acids is 2. The summed E-state index contributed by atoms with van der Waals surface area (Å²) in [5.74, 6) is -5.41. The van der Waals surface area contributed by atoms with Gasteiger partial charge in [0.1, 0.15) is 32.5 Å². The molecule has 66 heavy (non-hydrogen) atoms. The van der Waals surface area contributed by atoms with Gasteiger partial charge in [0, 0.05) is 33.3 Å². The fraction of sp³-hybridized carbons (Fsp3) is 0. The van der Waals surface area contributed by atoms with Crippen LogP contribution in [-0.2, 0) is 20.2 Å². The summed E-state index contributed by atoms with van der Waals surface area (Å²) in [6.07, 6.45) is 0. The topological polar surface area (TPSA) is 331 Å². The second-order valence-corrected chi connectivity index (χ2v) is 17.4. The first-order chi connectivity index (χ1) is 31.1. The molecule has 0 spiro atoms. The molecule has 0 bridgehead atoms. The van der Waals surface area contributed by atoms with Crippen molar-refractivity contribution in [3.8, 4) is 11.5 Å². The third kappa shape index (κ3) is 9.78. The Morgan fingerprint density at radius 2 is 0.818 bits per heavy atom. The molecule has 0 heterocycles. The minimum Gasteiger partial charge on any atom is -0.505 e. The van der Waals surface area contributed by atoms with Crippen molar-refractivity contribution >= 4 is 123 Å². The number of azo groups is 2. The Hall–Kier alpha value is -7.86. The number of halogens is 2. The van der Waals surface area contributed by atoms with Gasteiger partial charge in [0.15, 0.2) is 11.5 Å². The van der Waals surface area contributed by atoms with Gasteiger partial charge in [-0.15, -0.1) is 20.5 Å². The highest BCUT2D eigenvalue weighted by Gasteiger charge is 2.25. The zero-order valence-corrected chi connectivity index (χ0v) is 35.8. The maximum atomic E-state index is 13.2. The second kappa shape index (κ2) is 18.0. The molecule has 0 aliphatic carbocycles. The number of rotatable bonds is 12. The van der Waals surface area contributed by atoms with Crippen molar-refractivity contribution in [2.45, 2.75) is 9.79 Å². The van der Waals surface area contributed by atoms with Crippen LogP contribution >= 0.6 is 23.2 Å². The molecule has 20 nitrogen and oxygen atoms in total. The Kier molecular flexibility index (Phi) is 12.6. The van der Waals surface area contributed by atoms with Crippen LogP contribution in [0.25, 0.3) is 21.5 Å². The third-order valence-electron chi connectivity index (χ3n) is 9.48. The van der Waals surface area contributed by atoms with E-state index in [1.54, 1.807) is 0 Å². The predicted octanol–water partition coefficient (Wildman–Crippen LogP) is 9.94. The van der Waals surface area contributed by atoms with Crippen molar-refractivity contribution in [2.24, 2.45) is 20.5 Å². The summed E-state index contributed by atoms with van der Waals surface area (Å²) in [5.41, 5.74) is -1.76. The molecule has 0 aliphatic rings. The van der Waals surface area contributed by atoms with Gasteiger partial charge in [-0.1, -0.05) is 23.2 Å². The number of benzene rings is 7. The molecule has 7 rings (SSSR count). The van der Waals surface area contributed by atoms with Crippen LogP contribution < -0.4 is 10.6 Å². The molecule has 0 aliphatic heterocycles. The molecule has 0 atom stereocenters. The first-order valence-electron chi connectivity index (χ1n) is 18.3. The van der Waals surface area contributed by atoms with Crippen LogP contribution in [0.2, 0.25) is 10.0 Å². The first-order valence-corrected chi connectivity index (χ1v) is 21.9. The quantitative estimate of drug-likeness (QED) is 0.0417. The smallest absolute Gasteiger partial charge is 0.335 e. The van der Waals surface area contributed by atoms with Crippen LogP contribution in [0, 0.1) is 0 Å². The van der Waals surface area contributed by atoms with E-state index in [0.29, 0.717) is 0 Å². The molecule has 7 aromatic carbocycles. The molecule has 0 saturated heterocycles. The Morgan fingerprint density at radius 3 is 1.15 bits per heavy atom.